The average molecular weight is 284 g/mol. The molecule has 0 amide bonds. The van der Waals surface area contributed by atoms with Crippen molar-refractivity contribution < 1.29 is 17.2 Å². The van der Waals surface area contributed by atoms with E-state index in [1.54, 1.807) is 0 Å². The highest BCUT2D eigenvalue weighted by Gasteiger charge is 2.23. The van der Waals surface area contributed by atoms with E-state index in [0.717, 1.165) is 10.9 Å². The maximum absolute atomic E-state index is 12.5. The molecule has 0 N–H and O–H groups in total. The van der Waals surface area contributed by atoms with Crippen molar-refractivity contribution >= 4 is 21.4 Å². The number of rotatable bonds is 4. The summed E-state index contributed by atoms with van der Waals surface area (Å²) >= 11 is 5.65. The Labute approximate surface area is 102 Å². The van der Waals surface area contributed by atoms with E-state index in [2.05, 4.69) is 5.10 Å². The first-order valence-corrected chi connectivity index (χ1v) is 6.82. The van der Waals surface area contributed by atoms with Gasteiger partial charge in [0.2, 0.25) is 0 Å². The molecule has 0 atom stereocenters. The third-order valence-corrected chi connectivity index (χ3v) is 3.22. The van der Waals surface area contributed by atoms with Crippen LogP contribution in [0.15, 0.2) is 0 Å². The van der Waals surface area contributed by atoms with Gasteiger partial charge in [-0.1, -0.05) is 11.6 Å². The molecule has 17 heavy (non-hydrogen) atoms. The van der Waals surface area contributed by atoms with E-state index in [-0.39, 0.29) is 17.5 Å². The SMILES string of the molecule is CS(=O)(=O)CCn1nc(C(F)F)c(C#N)c1Cl. The quantitative estimate of drug-likeness (QED) is 0.837. The lowest BCUT2D eigenvalue weighted by molar-refractivity contribution is 0.144. The average Bonchev–Trinajstić information content (AvgIpc) is 2.51. The number of aryl methyl sites for hydroxylation is 1. The van der Waals surface area contributed by atoms with Gasteiger partial charge < -0.3 is 0 Å². The van der Waals surface area contributed by atoms with Crippen LogP contribution in [0.25, 0.3) is 0 Å². The molecule has 1 aromatic rings. The van der Waals surface area contributed by atoms with Crippen LogP contribution in [0.2, 0.25) is 5.15 Å². The highest BCUT2D eigenvalue weighted by molar-refractivity contribution is 7.90. The smallest absolute Gasteiger partial charge is 0.251 e. The van der Waals surface area contributed by atoms with Gasteiger partial charge in [-0.15, -0.1) is 0 Å². The topological polar surface area (TPSA) is 75.8 Å². The summed E-state index contributed by atoms with van der Waals surface area (Å²) in [5.74, 6) is -0.290. The van der Waals surface area contributed by atoms with Gasteiger partial charge in [0.1, 0.15) is 32.3 Å². The van der Waals surface area contributed by atoms with Gasteiger partial charge in [0.05, 0.1) is 12.3 Å². The van der Waals surface area contributed by atoms with E-state index in [1.807, 2.05) is 0 Å². The van der Waals surface area contributed by atoms with Crippen molar-refractivity contribution in [2.75, 3.05) is 12.0 Å². The fraction of sp³-hybridized carbons (Fsp3) is 0.500. The molecule has 0 radical (unpaired) electrons. The van der Waals surface area contributed by atoms with Gasteiger partial charge in [0.15, 0.2) is 0 Å². The third kappa shape index (κ3) is 3.38. The highest BCUT2D eigenvalue weighted by Crippen LogP contribution is 2.27. The summed E-state index contributed by atoms with van der Waals surface area (Å²) in [4.78, 5) is 0. The number of nitriles is 1. The second-order valence-corrected chi connectivity index (χ2v) is 5.93. The van der Waals surface area contributed by atoms with Crippen LogP contribution in [0.3, 0.4) is 0 Å². The van der Waals surface area contributed by atoms with E-state index in [0.29, 0.717) is 0 Å². The van der Waals surface area contributed by atoms with Crippen LogP contribution < -0.4 is 0 Å². The Morgan fingerprint density at radius 3 is 2.53 bits per heavy atom. The van der Waals surface area contributed by atoms with Gasteiger partial charge in [-0.3, -0.25) is 4.68 Å². The molecule has 0 bridgehead atoms. The van der Waals surface area contributed by atoms with Crippen molar-refractivity contribution in [3.63, 3.8) is 0 Å². The van der Waals surface area contributed by atoms with Crippen LogP contribution in [-0.2, 0) is 16.4 Å². The summed E-state index contributed by atoms with van der Waals surface area (Å²) in [6.45, 7) is -0.168. The Kier molecular flexibility index (Phi) is 4.06. The number of sulfone groups is 1. The molecule has 1 heterocycles. The second kappa shape index (κ2) is 4.98. The van der Waals surface area contributed by atoms with Crippen molar-refractivity contribution in [2.45, 2.75) is 13.0 Å². The van der Waals surface area contributed by atoms with Crippen LogP contribution in [0.4, 0.5) is 8.78 Å². The fourth-order valence-electron chi connectivity index (χ4n) is 1.12. The van der Waals surface area contributed by atoms with Crippen LogP contribution >= 0.6 is 11.6 Å². The lowest BCUT2D eigenvalue weighted by atomic mass is 10.3. The molecule has 0 aliphatic carbocycles. The monoisotopic (exact) mass is 283 g/mol. The van der Waals surface area contributed by atoms with Gasteiger partial charge in [-0.2, -0.15) is 10.4 Å². The van der Waals surface area contributed by atoms with E-state index in [4.69, 9.17) is 16.9 Å². The number of alkyl halides is 2. The minimum atomic E-state index is -3.26. The van der Waals surface area contributed by atoms with E-state index < -0.39 is 27.5 Å². The first kappa shape index (κ1) is 13.9. The largest absolute Gasteiger partial charge is 0.283 e. The molecule has 0 spiro atoms. The van der Waals surface area contributed by atoms with Crippen molar-refractivity contribution in [3.8, 4) is 6.07 Å². The molecule has 0 aromatic carbocycles. The Hall–Kier alpha value is -1.20. The molecule has 1 rings (SSSR count). The van der Waals surface area contributed by atoms with Crippen LogP contribution in [0.5, 0.6) is 0 Å². The molecule has 0 unspecified atom stereocenters. The van der Waals surface area contributed by atoms with E-state index in [9.17, 15) is 17.2 Å². The Morgan fingerprint density at radius 1 is 1.59 bits per heavy atom. The number of nitrogens with zero attached hydrogens (tertiary/aromatic N) is 3. The predicted molar refractivity (Wildman–Crippen MR) is 56.6 cm³/mol. The highest BCUT2D eigenvalue weighted by atomic mass is 35.5. The molecular formula is C8H8ClF2N3O2S. The van der Waals surface area contributed by atoms with Crippen molar-refractivity contribution in [1.82, 2.24) is 9.78 Å². The normalized spacial score (nSPS) is 11.8. The van der Waals surface area contributed by atoms with Gasteiger partial charge in [0.25, 0.3) is 6.43 Å². The molecule has 9 heteroatoms. The molecule has 5 nitrogen and oxygen atoms in total. The van der Waals surface area contributed by atoms with Crippen molar-refractivity contribution in [1.29, 1.82) is 5.26 Å². The minimum Gasteiger partial charge on any atom is -0.251 e. The van der Waals surface area contributed by atoms with Crippen LogP contribution in [0.1, 0.15) is 17.7 Å². The maximum atomic E-state index is 12.5. The lowest BCUT2D eigenvalue weighted by Crippen LogP contribution is -2.12. The summed E-state index contributed by atoms with van der Waals surface area (Å²) in [6.07, 6.45) is -1.93. The van der Waals surface area contributed by atoms with Crippen molar-refractivity contribution in [3.05, 3.63) is 16.4 Å². The third-order valence-electron chi connectivity index (χ3n) is 1.91. The second-order valence-electron chi connectivity index (χ2n) is 3.32. The summed E-state index contributed by atoms with van der Waals surface area (Å²) in [6, 6.07) is 1.52. The summed E-state index contributed by atoms with van der Waals surface area (Å²) in [5.41, 5.74) is -1.15. The maximum Gasteiger partial charge on any atom is 0.283 e. The summed E-state index contributed by atoms with van der Waals surface area (Å²) in [7, 11) is -3.26. The van der Waals surface area contributed by atoms with Gasteiger partial charge in [-0.25, -0.2) is 17.2 Å². The van der Waals surface area contributed by atoms with Gasteiger partial charge in [0, 0.05) is 6.26 Å². The zero-order chi connectivity index (χ0) is 13.2. The first-order chi connectivity index (χ1) is 7.76. The number of hydrogen-bond acceptors (Lipinski definition) is 4. The predicted octanol–water partition coefficient (Wildman–Crippen LogP) is 1.39. The zero-order valence-electron chi connectivity index (χ0n) is 8.69. The van der Waals surface area contributed by atoms with Gasteiger partial charge in [-0.05, 0) is 0 Å². The molecule has 94 valence electrons. The molecule has 0 saturated heterocycles. The lowest BCUT2D eigenvalue weighted by Gasteiger charge is -2.01. The van der Waals surface area contributed by atoms with Crippen LogP contribution in [0, 0.1) is 11.3 Å². The number of halogens is 3. The molecule has 0 saturated carbocycles. The Balaban J connectivity index is 3.07. The molecule has 0 fully saturated rings. The Bertz CT molecular complexity index is 562. The fourth-order valence-corrected chi connectivity index (χ4v) is 1.88. The van der Waals surface area contributed by atoms with Gasteiger partial charge >= 0.3 is 0 Å². The number of hydrogen-bond donors (Lipinski definition) is 0. The molecule has 0 aliphatic rings. The van der Waals surface area contributed by atoms with E-state index in [1.165, 1.54) is 6.07 Å². The zero-order valence-corrected chi connectivity index (χ0v) is 10.3. The Morgan fingerprint density at radius 2 is 2.18 bits per heavy atom. The molecular weight excluding hydrogens is 276 g/mol. The summed E-state index contributed by atoms with van der Waals surface area (Å²) < 4.78 is 47.7. The van der Waals surface area contributed by atoms with E-state index >= 15 is 0 Å². The number of aromatic nitrogens is 2. The molecule has 1 aromatic heterocycles. The first-order valence-electron chi connectivity index (χ1n) is 4.38. The molecule has 0 aliphatic heterocycles. The standard InChI is InChI=1S/C8H8ClF2N3O2S/c1-17(15,16)3-2-14-7(9)5(4-12)6(13-14)8(10)11/h8H,2-3H2,1H3. The summed E-state index contributed by atoms with van der Waals surface area (Å²) in [5, 5.41) is 11.8. The van der Waals surface area contributed by atoms with Crippen LogP contribution in [-0.4, -0.2) is 30.2 Å². The van der Waals surface area contributed by atoms with Crippen molar-refractivity contribution in [2.24, 2.45) is 0 Å². The minimum absolute atomic E-state index is 0.168.